The highest BCUT2D eigenvalue weighted by molar-refractivity contribution is 5.83. The highest BCUT2D eigenvalue weighted by Crippen LogP contribution is 2.20. The van der Waals surface area contributed by atoms with Gasteiger partial charge in [0.05, 0.1) is 25.4 Å². The number of aliphatic hydroxyl groups is 1. The zero-order valence-electron chi connectivity index (χ0n) is 22.3. The minimum Gasteiger partial charge on any atom is -0.493 e. The largest absolute Gasteiger partial charge is 0.493 e. The SMILES string of the molecule is CCc1cccc(CNC[C@@H](O)[C@@H]2Cc3cc(F)cc(c3)OCC(COC)CCNC(=O)CCC(=O)N2)c1. The number of benzene rings is 2. The third-order valence-corrected chi connectivity index (χ3v) is 6.62. The van der Waals surface area contributed by atoms with E-state index in [1.54, 1.807) is 13.2 Å². The fraction of sp³-hybridized carbons (Fsp3) is 0.517. The number of hydrogen-bond acceptors (Lipinski definition) is 6. The molecule has 0 aliphatic carbocycles. The number of fused-ring (bicyclic) bond motifs is 2. The van der Waals surface area contributed by atoms with Crippen LogP contribution in [0.4, 0.5) is 4.39 Å². The lowest BCUT2D eigenvalue weighted by Gasteiger charge is -2.25. The Kier molecular flexibility index (Phi) is 12.0. The van der Waals surface area contributed by atoms with Crippen LogP contribution in [-0.4, -0.2) is 62.5 Å². The van der Waals surface area contributed by atoms with Crippen LogP contribution in [0.15, 0.2) is 42.5 Å². The van der Waals surface area contributed by atoms with E-state index in [9.17, 15) is 19.1 Å². The molecule has 208 valence electrons. The third kappa shape index (κ3) is 10.0. The van der Waals surface area contributed by atoms with E-state index in [0.29, 0.717) is 44.0 Å². The van der Waals surface area contributed by atoms with E-state index >= 15 is 0 Å². The summed E-state index contributed by atoms with van der Waals surface area (Å²) < 4.78 is 25.6. The second kappa shape index (κ2) is 15.4. The van der Waals surface area contributed by atoms with Gasteiger partial charge in [-0.2, -0.15) is 0 Å². The third-order valence-electron chi connectivity index (χ3n) is 6.62. The van der Waals surface area contributed by atoms with Crippen molar-refractivity contribution in [3.8, 4) is 5.75 Å². The summed E-state index contributed by atoms with van der Waals surface area (Å²) in [5.74, 6) is -0.656. The predicted octanol–water partition coefficient (Wildman–Crippen LogP) is 2.51. The molecule has 0 radical (unpaired) electrons. The van der Waals surface area contributed by atoms with Gasteiger partial charge < -0.3 is 30.5 Å². The molecule has 0 saturated heterocycles. The van der Waals surface area contributed by atoms with Gasteiger partial charge in [-0.3, -0.25) is 9.59 Å². The molecular formula is C29H40FN3O5. The Labute approximate surface area is 224 Å². The molecule has 1 heterocycles. The lowest BCUT2D eigenvalue weighted by molar-refractivity contribution is -0.127. The van der Waals surface area contributed by atoms with Crippen molar-refractivity contribution < 1.29 is 28.6 Å². The van der Waals surface area contributed by atoms with Gasteiger partial charge in [0.1, 0.15) is 11.6 Å². The summed E-state index contributed by atoms with van der Waals surface area (Å²) in [6.07, 6.45) is 0.843. The van der Waals surface area contributed by atoms with Gasteiger partial charge in [0.2, 0.25) is 11.8 Å². The summed E-state index contributed by atoms with van der Waals surface area (Å²) in [6.45, 7) is 4.04. The molecule has 38 heavy (non-hydrogen) atoms. The molecule has 2 aromatic carbocycles. The zero-order valence-corrected chi connectivity index (χ0v) is 22.3. The summed E-state index contributed by atoms with van der Waals surface area (Å²) in [5.41, 5.74) is 2.92. The number of aryl methyl sites for hydroxylation is 1. The van der Waals surface area contributed by atoms with Gasteiger partial charge in [-0.25, -0.2) is 4.39 Å². The van der Waals surface area contributed by atoms with Gasteiger partial charge >= 0.3 is 0 Å². The standard InChI is InChI=1S/C29H40FN3O5/c1-3-20-5-4-6-21(11-20)16-31-17-27(34)26-14-23-12-24(30)15-25(13-23)38-19-22(18-37-2)9-10-32-28(35)7-8-29(36)33-26/h4-6,11-13,15,22,26-27,31,34H,3,7-10,14,16-19H2,1-2H3,(H,32,35)(H,33,36)/t22?,26-,27+/m0/s1. The lowest BCUT2D eigenvalue weighted by Crippen LogP contribution is -2.48. The summed E-state index contributed by atoms with van der Waals surface area (Å²) in [5, 5.41) is 19.9. The molecular weight excluding hydrogens is 489 g/mol. The Morgan fingerprint density at radius 2 is 1.95 bits per heavy atom. The molecule has 1 aliphatic heterocycles. The topological polar surface area (TPSA) is 109 Å². The average Bonchev–Trinajstić information content (AvgIpc) is 2.89. The molecule has 0 saturated carbocycles. The van der Waals surface area contributed by atoms with Gasteiger partial charge in [0, 0.05) is 51.6 Å². The number of carbonyl (C=O) groups is 2. The van der Waals surface area contributed by atoms with E-state index in [1.807, 2.05) is 12.1 Å². The Balaban J connectivity index is 1.73. The second-order valence-corrected chi connectivity index (χ2v) is 9.82. The maximum atomic E-state index is 14.5. The molecule has 1 aliphatic rings. The molecule has 3 rings (SSSR count). The quantitative estimate of drug-likeness (QED) is 0.419. The van der Waals surface area contributed by atoms with E-state index in [4.69, 9.17) is 9.47 Å². The second-order valence-electron chi connectivity index (χ2n) is 9.82. The van der Waals surface area contributed by atoms with E-state index in [1.165, 1.54) is 17.7 Å². The number of methoxy groups -OCH3 is 1. The maximum absolute atomic E-state index is 14.5. The summed E-state index contributed by atoms with van der Waals surface area (Å²) in [7, 11) is 1.60. The van der Waals surface area contributed by atoms with E-state index < -0.39 is 18.0 Å². The molecule has 0 fully saturated rings. The van der Waals surface area contributed by atoms with Crippen LogP contribution >= 0.6 is 0 Å². The summed E-state index contributed by atoms with van der Waals surface area (Å²) in [4.78, 5) is 24.9. The van der Waals surface area contributed by atoms with Crippen molar-refractivity contribution in [1.82, 2.24) is 16.0 Å². The van der Waals surface area contributed by atoms with Gasteiger partial charge in [-0.1, -0.05) is 31.2 Å². The van der Waals surface area contributed by atoms with Crippen molar-refractivity contribution in [2.45, 2.75) is 57.7 Å². The van der Waals surface area contributed by atoms with Crippen molar-refractivity contribution in [3.63, 3.8) is 0 Å². The van der Waals surface area contributed by atoms with Crippen molar-refractivity contribution in [2.24, 2.45) is 5.92 Å². The average molecular weight is 530 g/mol. The number of amides is 2. The summed E-state index contributed by atoms with van der Waals surface area (Å²) >= 11 is 0. The monoisotopic (exact) mass is 529 g/mol. The van der Waals surface area contributed by atoms with E-state index in [-0.39, 0.29) is 43.5 Å². The molecule has 4 N–H and O–H groups in total. The molecule has 2 aromatic rings. The first-order valence-corrected chi connectivity index (χ1v) is 13.3. The van der Waals surface area contributed by atoms with Gasteiger partial charge in [0.15, 0.2) is 0 Å². The number of hydrogen-bond donors (Lipinski definition) is 4. The first-order chi connectivity index (χ1) is 18.4. The number of halogens is 1. The van der Waals surface area contributed by atoms with Crippen LogP contribution in [-0.2, 0) is 33.7 Å². The minimum atomic E-state index is -0.945. The lowest BCUT2D eigenvalue weighted by atomic mass is 10.00. The number of aliphatic hydroxyl groups excluding tert-OH is 1. The van der Waals surface area contributed by atoms with Crippen molar-refractivity contribution in [2.75, 3.05) is 33.4 Å². The first-order valence-electron chi connectivity index (χ1n) is 13.3. The molecule has 8 nitrogen and oxygen atoms in total. The molecule has 0 aromatic heterocycles. The first kappa shape index (κ1) is 29.5. The van der Waals surface area contributed by atoms with Crippen molar-refractivity contribution in [1.29, 1.82) is 0 Å². The van der Waals surface area contributed by atoms with Crippen LogP contribution in [0.25, 0.3) is 0 Å². The molecule has 1 unspecified atom stereocenters. The normalized spacial score (nSPS) is 20.2. The fourth-order valence-electron chi connectivity index (χ4n) is 4.50. The van der Waals surface area contributed by atoms with Crippen LogP contribution < -0.4 is 20.7 Å². The Morgan fingerprint density at radius 1 is 1.16 bits per heavy atom. The van der Waals surface area contributed by atoms with Crippen molar-refractivity contribution in [3.05, 3.63) is 65.0 Å². The molecule has 0 spiro atoms. The molecule has 3 atom stereocenters. The smallest absolute Gasteiger partial charge is 0.220 e. The van der Waals surface area contributed by atoms with Crippen LogP contribution in [0.2, 0.25) is 0 Å². The molecule has 2 bridgehead atoms. The number of nitrogens with one attached hydrogen (secondary N) is 3. The fourth-order valence-corrected chi connectivity index (χ4v) is 4.50. The summed E-state index contributed by atoms with van der Waals surface area (Å²) in [6, 6.07) is 11.9. The van der Waals surface area contributed by atoms with E-state index in [2.05, 4.69) is 35.0 Å². The van der Waals surface area contributed by atoms with Crippen LogP contribution in [0.5, 0.6) is 5.75 Å². The highest BCUT2D eigenvalue weighted by atomic mass is 19.1. The van der Waals surface area contributed by atoms with Gasteiger partial charge in [0.25, 0.3) is 0 Å². The Hall–Kier alpha value is -3.01. The number of ether oxygens (including phenoxy) is 2. The molecule has 9 heteroatoms. The van der Waals surface area contributed by atoms with Crippen LogP contribution in [0.3, 0.4) is 0 Å². The van der Waals surface area contributed by atoms with Gasteiger partial charge in [-0.15, -0.1) is 0 Å². The maximum Gasteiger partial charge on any atom is 0.220 e. The van der Waals surface area contributed by atoms with E-state index in [0.717, 1.165) is 12.0 Å². The number of rotatable bonds is 8. The van der Waals surface area contributed by atoms with Crippen LogP contribution in [0.1, 0.15) is 42.9 Å². The molecule has 2 amide bonds. The predicted molar refractivity (Wildman–Crippen MR) is 143 cm³/mol. The minimum absolute atomic E-state index is 0.00175. The Bertz CT molecular complexity index is 1050. The Morgan fingerprint density at radius 3 is 2.74 bits per heavy atom. The highest BCUT2D eigenvalue weighted by Gasteiger charge is 2.23. The van der Waals surface area contributed by atoms with Crippen molar-refractivity contribution >= 4 is 11.8 Å². The van der Waals surface area contributed by atoms with Gasteiger partial charge in [-0.05, 0) is 48.1 Å². The number of carbonyl (C=O) groups excluding carboxylic acids is 2. The zero-order chi connectivity index (χ0) is 27.3. The van der Waals surface area contributed by atoms with Crippen LogP contribution in [0, 0.1) is 11.7 Å².